The lowest BCUT2D eigenvalue weighted by molar-refractivity contribution is -0.0403. The van der Waals surface area contributed by atoms with E-state index >= 15 is 0 Å². The number of hydrogen-bond acceptors (Lipinski definition) is 5. The minimum Gasteiger partial charge on any atom is -0.439 e. The van der Waals surface area contributed by atoms with E-state index in [1.54, 1.807) is 13.2 Å². The molecule has 0 amide bonds. The van der Waals surface area contributed by atoms with E-state index in [1.165, 1.54) is 5.57 Å². The number of hydrogen-bond donors (Lipinski definition) is 1. The third kappa shape index (κ3) is 7.01. The first-order valence-electron chi connectivity index (χ1n) is 11.8. The van der Waals surface area contributed by atoms with E-state index in [4.69, 9.17) is 14.2 Å². The molecule has 2 aliphatic rings. The Morgan fingerprint density at radius 3 is 2.74 bits per heavy atom. The average molecular weight is 500 g/mol. The fourth-order valence-corrected chi connectivity index (χ4v) is 4.43. The maximum atomic E-state index is 12.8. The third-order valence-electron chi connectivity index (χ3n) is 5.58. The van der Waals surface area contributed by atoms with E-state index < -0.39 is 21.3 Å². The summed E-state index contributed by atoms with van der Waals surface area (Å²) in [6, 6.07) is 1.91. The van der Waals surface area contributed by atoms with Crippen molar-refractivity contribution in [1.82, 2.24) is 14.5 Å². The molecule has 0 radical (unpaired) electrons. The van der Waals surface area contributed by atoms with Crippen molar-refractivity contribution >= 4 is 17.1 Å². The Morgan fingerprint density at radius 2 is 2.14 bits per heavy atom. The van der Waals surface area contributed by atoms with Crippen LogP contribution < -0.4 is 9.46 Å². The zero-order valence-electron chi connectivity index (χ0n) is 21.4. The van der Waals surface area contributed by atoms with Gasteiger partial charge in [0.05, 0.1) is 41.2 Å². The van der Waals surface area contributed by atoms with Gasteiger partial charge in [0.1, 0.15) is 11.3 Å². The van der Waals surface area contributed by atoms with Crippen LogP contribution >= 0.6 is 0 Å². The predicted molar refractivity (Wildman–Crippen MR) is 142 cm³/mol. The molecule has 35 heavy (non-hydrogen) atoms. The summed E-state index contributed by atoms with van der Waals surface area (Å²) in [5.41, 5.74) is 2.36. The van der Waals surface area contributed by atoms with Crippen molar-refractivity contribution < 1.29 is 18.4 Å². The minimum atomic E-state index is -1.24. The molecule has 1 aromatic heterocycles. The van der Waals surface area contributed by atoms with Crippen molar-refractivity contribution in [2.45, 2.75) is 50.9 Å². The number of nitrogens with zero attached hydrogens (tertiary/aromatic N) is 2. The third-order valence-corrected chi connectivity index (χ3v) is 7.27. The first-order chi connectivity index (χ1) is 16.7. The SMILES string of the molecule is C=C/C=C(\C=C\c1cc(OC2=CC=C(COC)CC=C2)n(CC)n1)C1(NS(=O)C(C)(C)C)COC1. The molecule has 1 N–H and O–H groups in total. The van der Waals surface area contributed by atoms with E-state index in [0.717, 1.165) is 23.4 Å². The maximum Gasteiger partial charge on any atom is 0.218 e. The summed E-state index contributed by atoms with van der Waals surface area (Å²) in [7, 11) is 0.453. The van der Waals surface area contributed by atoms with Gasteiger partial charge in [-0.1, -0.05) is 37.0 Å². The van der Waals surface area contributed by atoms with Gasteiger partial charge >= 0.3 is 0 Å². The monoisotopic (exact) mass is 499 g/mol. The number of ether oxygens (including phenoxy) is 3. The van der Waals surface area contributed by atoms with Gasteiger partial charge in [0.15, 0.2) is 0 Å². The number of rotatable bonds is 11. The smallest absolute Gasteiger partial charge is 0.218 e. The summed E-state index contributed by atoms with van der Waals surface area (Å²) in [6.07, 6.45) is 16.4. The van der Waals surface area contributed by atoms with Gasteiger partial charge in [0.25, 0.3) is 0 Å². The fraction of sp³-hybridized carbons (Fsp3) is 0.444. The summed E-state index contributed by atoms with van der Waals surface area (Å²) in [5, 5.41) is 4.67. The van der Waals surface area contributed by atoms with Gasteiger partial charge in [-0.2, -0.15) is 5.10 Å². The predicted octanol–water partition coefficient (Wildman–Crippen LogP) is 4.64. The second kappa shape index (κ2) is 11.9. The van der Waals surface area contributed by atoms with Gasteiger partial charge in [-0.15, -0.1) is 0 Å². The fourth-order valence-electron chi connectivity index (χ4n) is 3.54. The van der Waals surface area contributed by atoms with Crippen molar-refractivity contribution in [1.29, 1.82) is 0 Å². The average Bonchev–Trinajstić information content (AvgIpc) is 3.04. The van der Waals surface area contributed by atoms with E-state index in [0.29, 0.717) is 32.2 Å². The Morgan fingerprint density at radius 1 is 1.37 bits per heavy atom. The molecule has 190 valence electrons. The molecule has 0 bridgehead atoms. The minimum absolute atomic E-state index is 0.390. The molecule has 1 aliphatic carbocycles. The lowest BCUT2D eigenvalue weighted by Gasteiger charge is -2.44. The van der Waals surface area contributed by atoms with Gasteiger partial charge in [-0.25, -0.2) is 13.6 Å². The Labute approximate surface area is 211 Å². The van der Waals surface area contributed by atoms with Crippen molar-refractivity contribution in [3.05, 3.63) is 77.8 Å². The topological polar surface area (TPSA) is 74.6 Å². The Balaban J connectivity index is 1.81. The molecule has 1 fully saturated rings. The molecule has 1 aliphatic heterocycles. The van der Waals surface area contributed by atoms with Crippen molar-refractivity contribution in [2.75, 3.05) is 26.9 Å². The van der Waals surface area contributed by atoms with Crippen molar-refractivity contribution in [3.8, 4) is 5.88 Å². The molecule has 0 aromatic carbocycles. The highest BCUT2D eigenvalue weighted by Crippen LogP contribution is 2.30. The first-order valence-corrected chi connectivity index (χ1v) is 13.0. The number of methoxy groups -OCH3 is 1. The van der Waals surface area contributed by atoms with E-state index in [1.807, 2.05) is 74.9 Å². The van der Waals surface area contributed by atoms with E-state index in [-0.39, 0.29) is 0 Å². The van der Waals surface area contributed by atoms with Crippen LogP contribution in [0.2, 0.25) is 0 Å². The van der Waals surface area contributed by atoms with Crippen LogP contribution in [0, 0.1) is 0 Å². The standard InChI is InChI=1S/C27H37N3O4S/c1-7-10-22(27(19-33-20-27)29-35(31)26(3,4)5)14-15-23-17-25(30(8-2)28-23)34-24-12-9-11-21(13-16-24)18-32-6/h7,9-10,12-17,29H,1,8,11,18-20H2,2-6H3/b15-14+,22-10+. The van der Waals surface area contributed by atoms with Gasteiger partial charge in [0.2, 0.25) is 5.88 Å². The van der Waals surface area contributed by atoms with Crippen LogP contribution in [0.5, 0.6) is 5.88 Å². The lowest BCUT2D eigenvalue weighted by Crippen LogP contribution is -2.63. The molecule has 7 nitrogen and oxygen atoms in total. The zero-order valence-corrected chi connectivity index (χ0v) is 22.2. The lowest BCUT2D eigenvalue weighted by atomic mass is 9.88. The second-order valence-corrected chi connectivity index (χ2v) is 11.5. The molecule has 1 saturated heterocycles. The summed E-state index contributed by atoms with van der Waals surface area (Å²) in [4.78, 5) is 0. The Hall–Kier alpha value is -2.52. The van der Waals surface area contributed by atoms with Crippen molar-refractivity contribution in [2.24, 2.45) is 0 Å². The molecule has 1 unspecified atom stereocenters. The molecule has 2 heterocycles. The summed E-state index contributed by atoms with van der Waals surface area (Å²) >= 11 is 0. The highest BCUT2D eigenvalue weighted by atomic mass is 32.2. The van der Waals surface area contributed by atoms with Crippen LogP contribution in [0.3, 0.4) is 0 Å². The molecular weight excluding hydrogens is 462 g/mol. The number of aryl methyl sites for hydroxylation is 1. The van der Waals surface area contributed by atoms with Crippen LogP contribution in [-0.2, 0) is 27.0 Å². The van der Waals surface area contributed by atoms with Gasteiger partial charge < -0.3 is 14.2 Å². The quantitative estimate of drug-likeness (QED) is 0.449. The van der Waals surface area contributed by atoms with Crippen LogP contribution in [-0.4, -0.2) is 51.2 Å². The van der Waals surface area contributed by atoms with E-state index in [2.05, 4.69) is 22.5 Å². The number of allylic oxidation sites excluding steroid dienone is 6. The summed E-state index contributed by atoms with van der Waals surface area (Å²) in [6.45, 7) is 13.9. The summed E-state index contributed by atoms with van der Waals surface area (Å²) < 4.78 is 34.5. The molecule has 0 saturated carbocycles. The van der Waals surface area contributed by atoms with E-state index in [9.17, 15) is 4.21 Å². The summed E-state index contributed by atoms with van der Waals surface area (Å²) in [5.74, 6) is 1.41. The van der Waals surface area contributed by atoms with Crippen LogP contribution in [0.1, 0.15) is 39.8 Å². The zero-order chi connectivity index (χ0) is 25.5. The maximum absolute atomic E-state index is 12.8. The Bertz CT molecular complexity index is 1080. The molecule has 0 spiro atoms. The first kappa shape index (κ1) is 27.1. The molecule has 3 rings (SSSR count). The molecule has 1 atom stereocenters. The van der Waals surface area contributed by atoms with Gasteiger partial charge in [-0.05, 0) is 63.5 Å². The van der Waals surface area contributed by atoms with Gasteiger partial charge in [0, 0.05) is 19.7 Å². The second-order valence-electron chi connectivity index (χ2n) is 9.51. The molecular formula is C27H37N3O4S. The van der Waals surface area contributed by atoms with Crippen molar-refractivity contribution in [3.63, 3.8) is 0 Å². The van der Waals surface area contributed by atoms with Crippen LogP contribution in [0.15, 0.2) is 72.1 Å². The van der Waals surface area contributed by atoms with Gasteiger partial charge in [-0.3, -0.25) is 0 Å². The molecule has 8 heteroatoms. The number of nitrogens with one attached hydrogen (secondary N) is 1. The highest BCUT2D eigenvalue weighted by molar-refractivity contribution is 7.84. The highest BCUT2D eigenvalue weighted by Gasteiger charge is 2.44. The number of aromatic nitrogens is 2. The molecule has 1 aromatic rings. The van der Waals surface area contributed by atoms with Crippen LogP contribution in [0.4, 0.5) is 0 Å². The Kier molecular flexibility index (Phi) is 9.24. The largest absolute Gasteiger partial charge is 0.439 e. The normalized spacial score (nSPS) is 19.1. The van der Waals surface area contributed by atoms with Crippen LogP contribution in [0.25, 0.3) is 6.08 Å².